The van der Waals surface area contributed by atoms with E-state index in [-0.39, 0.29) is 93.4 Å². The summed E-state index contributed by atoms with van der Waals surface area (Å²) in [5.74, 6) is 1.75. The van der Waals surface area contributed by atoms with Gasteiger partial charge in [0.25, 0.3) is 0 Å². The number of halogens is 7. The van der Waals surface area contributed by atoms with Crippen LogP contribution in [0, 0.1) is 6.92 Å². The number of benzene rings is 1. The first kappa shape index (κ1) is 77.9. The van der Waals surface area contributed by atoms with Gasteiger partial charge in [-0.05, 0) is 139 Å². The molecule has 0 atom stereocenters. The van der Waals surface area contributed by atoms with Crippen LogP contribution in [0.3, 0.4) is 0 Å². The summed E-state index contributed by atoms with van der Waals surface area (Å²) in [6.45, 7) is 18.4. The number of fused-ring (bicyclic) bond motifs is 3. The van der Waals surface area contributed by atoms with Gasteiger partial charge in [0.15, 0.2) is 17.5 Å². The van der Waals surface area contributed by atoms with Crippen LogP contribution in [-0.2, 0) is 9.59 Å². The minimum Gasteiger partial charge on any atom is -1.00 e. The Labute approximate surface area is 590 Å². The first-order chi connectivity index (χ1) is 43.1. The molecule has 3 fully saturated rings. The van der Waals surface area contributed by atoms with E-state index in [0.717, 1.165) is 81.9 Å². The van der Waals surface area contributed by atoms with E-state index in [9.17, 15) is 14.7 Å². The minimum absolute atomic E-state index is 0. The first-order valence-electron chi connectivity index (χ1n) is 31.1. The number of quaternary nitrogens is 3. The number of carbonyl (C=O) groups is 2. The van der Waals surface area contributed by atoms with E-state index in [0.29, 0.717) is 51.3 Å². The van der Waals surface area contributed by atoms with E-state index in [2.05, 4.69) is 52.4 Å². The van der Waals surface area contributed by atoms with Gasteiger partial charge in [-0.15, -0.1) is 27.7 Å². The highest BCUT2D eigenvalue weighted by Crippen LogP contribution is 2.35. The van der Waals surface area contributed by atoms with E-state index < -0.39 is 0 Å². The molecule has 94 heavy (non-hydrogen) atoms. The molecule has 3 aliphatic heterocycles. The van der Waals surface area contributed by atoms with E-state index >= 15 is 0 Å². The summed E-state index contributed by atoms with van der Waals surface area (Å²) >= 11 is 17.9. The molecule has 0 amide bonds. The lowest BCUT2D eigenvalue weighted by Gasteiger charge is -2.37. The summed E-state index contributed by atoms with van der Waals surface area (Å²) in [5, 5.41) is 33.6. The molecular weight excluding hydrogens is 1340 g/mol. The fourth-order valence-electron chi connectivity index (χ4n) is 12.0. The van der Waals surface area contributed by atoms with Crippen molar-refractivity contribution >= 4 is 127 Å². The fraction of sp³-hybridized carbons (Fsp3) is 0.409. The molecule has 6 aromatic heterocycles. The SMILES string of the molecule is CC1=CC(=Nc2c(NCC[N+]3(C)CCCCC3)nn3ccccc23)C(N)=C(Cl)C1=O.CC1=CC(=Nc2c(NCC[N+]3(C)CCCCC3)nn3ccccc23)C(N)=C(Cl)C1=O.C[N+]1(CCNc2nn3ccccc3c2N)CCCCC1.Cc1ccc(N)c(Cl)c1O.Cl.[Cl-].[Cl-].[Cl-]. The Morgan fingerprint density at radius 3 is 1.21 bits per heavy atom. The average molecular weight is 1430 g/mol. The zero-order chi connectivity index (χ0) is 64.3. The Balaban J connectivity index is 0.000000236. The second-order valence-corrected chi connectivity index (χ2v) is 26.1. The Morgan fingerprint density at radius 2 is 0.851 bits per heavy atom. The van der Waals surface area contributed by atoms with Crippen LogP contribution in [0.4, 0.5) is 40.2 Å². The Kier molecular flexibility index (Phi) is 28.8. The van der Waals surface area contributed by atoms with Gasteiger partial charge in [0.05, 0.1) is 145 Å². The van der Waals surface area contributed by atoms with Gasteiger partial charge < -0.3 is 94.7 Å². The lowest BCUT2D eigenvalue weighted by Crippen LogP contribution is -3.00. The Bertz CT molecular complexity index is 3760. The summed E-state index contributed by atoms with van der Waals surface area (Å²) in [4.78, 5) is 33.7. The van der Waals surface area contributed by atoms with Gasteiger partial charge in [0.1, 0.15) is 37.9 Å². The molecule has 0 spiro atoms. The molecule has 7 aromatic rings. The Hall–Kier alpha value is -6.76. The fourth-order valence-corrected chi connectivity index (χ4v) is 12.7. The van der Waals surface area contributed by atoms with Crippen molar-refractivity contribution in [2.45, 2.75) is 78.6 Å². The van der Waals surface area contributed by atoms with Crippen LogP contribution in [0.15, 0.2) is 140 Å². The highest BCUT2D eigenvalue weighted by Gasteiger charge is 2.29. The van der Waals surface area contributed by atoms with Crippen molar-refractivity contribution in [3.05, 3.63) is 141 Å². The zero-order valence-electron chi connectivity index (χ0n) is 54.3. The number of aryl methyl sites for hydroxylation is 1. The lowest BCUT2D eigenvalue weighted by atomic mass is 10.0. The number of nitrogens with two attached hydrogens (primary N) is 4. The number of allylic oxidation sites excluding steroid dienone is 6. The molecule has 12 rings (SSSR count). The predicted octanol–water partition coefficient (Wildman–Crippen LogP) is 2.10. The van der Waals surface area contributed by atoms with Crippen molar-refractivity contribution in [2.75, 3.05) is 127 Å². The molecule has 1 aromatic carbocycles. The third-order valence-corrected chi connectivity index (χ3v) is 18.9. The molecule has 5 aliphatic rings. The molecule has 21 nitrogen and oxygen atoms in total. The van der Waals surface area contributed by atoms with Crippen LogP contribution in [0.2, 0.25) is 5.02 Å². The maximum absolute atomic E-state index is 12.1. The topological polar surface area (TPSA) is 271 Å². The standard InChI is InChI=1S/2C22H27ClN6O.C15H24N5.C7H8ClNO.4ClH/c2*1-15-14-16(19(24)18(23)21(15)30)26-20-17-8-4-5-10-28(17)27-22(20)25-9-13-29(2)11-6-3-7-12-29;1-20(10-5-2-6-11-20)12-8-17-15-14(16)13-7-3-4-9-19(13)18-15;1-4-2-3-5(9)6(8)7(4)10;;;;/h2*4-5,8,10,14H,3,6-7,9,11-13H2,1-2H3,(H2-,24,25,27,30);3-4,7,9H,2,5-6,8,10-12,16H2,1H3,(H,17,18);2-3,10H,9H2,1H3;4*1H/q;;+1;;;;;/p-1. The second-order valence-electron chi connectivity index (χ2n) is 25.0. The molecule has 0 saturated carbocycles. The number of rotatable bonds is 14. The van der Waals surface area contributed by atoms with Crippen molar-refractivity contribution in [1.29, 1.82) is 0 Å². The number of likely N-dealkylation sites (tertiary alicyclic amines) is 3. The second kappa shape index (κ2) is 34.8. The summed E-state index contributed by atoms with van der Waals surface area (Å²) in [7, 11) is 7.01. The molecule has 0 unspecified atom stereocenters. The number of piperidine rings is 3. The highest BCUT2D eigenvalue weighted by molar-refractivity contribution is 6.50. The molecule has 12 N–H and O–H groups in total. The molecule has 2 aliphatic carbocycles. The van der Waals surface area contributed by atoms with Crippen LogP contribution in [0.25, 0.3) is 16.6 Å². The maximum Gasteiger partial charge on any atom is 0.202 e. The average Bonchev–Trinajstić information content (AvgIpc) is 1.57. The number of nitrogens with one attached hydrogen (secondary N) is 3. The number of anilines is 5. The van der Waals surface area contributed by atoms with E-state index in [1.165, 1.54) is 102 Å². The summed E-state index contributed by atoms with van der Waals surface area (Å²) < 4.78 is 8.75. The molecule has 0 bridgehead atoms. The quantitative estimate of drug-likeness (QED) is 0.0441. The molecule has 0 radical (unpaired) electrons. The third kappa shape index (κ3) is 19.0. The van der Waals surface area contributed by atoms with Gasteiger partial charge in [0, 0.05) is 29.7 Å². The van der Waals surface area contributed by atoms with Gasteiger partial charge >= 0.3 is 0 Å². The van der Waals surface area contributed by atoms with Crippen molar-refractivity contribution < 1.29 is 65.4 Å². The molecule has 510 valence electrons. The highest BCUT2D eigenvalue weighted by atomic mass is 35.5. The van der Waals surface area contributed by atoms with Gasteiger partial charge in [-0.1, -0.05) is 59.1 Å². The van der Waals surface area contributed by atoms with E-state index in [1.807, 2.05) is 77.7 Å². The van der Waals surface area contributed by atoms with Gasteiger partial charge in [-0.2, -0.15) is 0 Å². The molecule has 3 saturated heterocycles. The summed E-state index contributed by atoms with van der Waals surface area (Å²) in [6, 6.07) is 21.0. The number of nitrogen functional groups attached to an aromatic ring is 2. The van der Waals surface area contributed by atoms with Crippen molar-refractivity contribution in [3.63, 3.8) is 0 Å². The normalized spacial score (nSPS) is 18.1. The number of aliphatic imine (C=N–C) groups is 2. The van der Waals surface area contributed by atoms with E-state index in [1.54, 1.807) is 54.1 Å². The van der Waals surface area contributed by atoms with Crippen LogP contribution in [-0.4, -0.2) is 170 Å². The number of likely N-dealkylation sites (N-methyl/N-ethyl adjacent to an activating group) is 3. The predicted molar refractivity (Wildman–Crippen MR) is 375 cm³/mol. The smallest absolute Gasteiger partial charge is 0.202 e. The van der Waals surface area contributed by atoms with Gasteiger partial charge in [-0.3, -0.25) is 9.59 Å². The van der Waals surface area contributed by atoms with Crippen LogP contribution in [0.1, 0.15) is 77.2 Å². The number of carbonyl (C=O) groups excluding carboxylic acids is 2. The number of Topliss-reactive ketones (excluding diaryl/α,β-unsaturated/α-hetero) is 2. The zero-order valence-corrected chi connectivity index (χ0v) is 59.6. The number of hydrogen-bond donors (Lipinski definition) is 8. The van der Waals surface area contributed by atoms with Crippen LogP contribution >= 0.6 is 47.2 Å². The number of aromatic nitrogens is 6. The van der Waals surface area contributed by atoms with Crippen molar-refractivity contribution in [3.8, 4) is 5.75 Å². The van der Waals surface area contributed by atoms with Gasteiger partial charge in [-0.25, -0.2) is 23.5 Å². The maximum atomic E-state index is 12.1. The molecule has 9 heterocycles. The number of hydrogen-bond acceptors (Lipinski definition) is 15. The molecular formula is C66H89Cl7N18O3. The number of phenols is 1. The molecule has 28 heteroatoms. The Morgan fingerprint density at radius 1 is 0.511 bits per heavy atom. The monoisotopic (exact) mass is 1430 g/mol. The van der Waals surface area contributed by atoms with Crippen molar-refractivity contribution in [1.82, 2.24) is 28.8 Å². The number of pyridine rings is 3. The number of nitrogens with zero attached hydrogens (tertiary/aromatic N) is 11. The van der Waals surface area contributed by atoms with Crippen LogP contribution < -0.4 is 76.1 Å². The van der Waals surface area contributed by atoms with Crippen molar-refractivity contribution in [2.24, 2.45) is 21.5 Å². The number of ketones is 2. The lowest BCUT2D eigenvalue weighted by molar-refractivity contribution is -0.912. The number of aromatic hydroxyl groups is 1. The minimum atomic E-state index is -0.259. The van der Waals surface area contributed by atoms with Crippen LogP contribution in [0.5, 0.6) is 5.75 Å². The summed E-state index contributed by atoms with van der Waals surface area (Å²) in [6.07, 6.45) is 21.0. The summed E-state index contributed by atoms with van der Waals surface area (Å²) in [5.41, 5.74) is 32.1. The number of phenolic OH excluding ortho intramolecular Hbond substituents is 1. The largest absolute Gasteiger partial charge is 1.00 e. The van der Waals surface area contributed by atoms with E-state index in [4.69, 9.17) is 67.7 Å². The third-order valence-electron chi connectivity index (χ3n) is 17.8. The first-order valence-corrected chi connectivity index (χ1v) is 32.3. The van der Waals surface area contributed by atoms with Gasteiger partial charge in [0.2, 0.25) is 11.6 Å².